The van der Waals surface area contributed by atoms with Crippen LogP contribution in [0.15, 0.2) is 12.7 Å². The van der Waals surface area contributed by atoms with Gasteiger partial charge in [-0.3, -0.25) is 9.69 Å². The van der Waals surface area contributed by atoms with Crippen LogP contribution in [0, 0.1) is 34.5 Å². The minimum atomic E-state index is -0.209. The first-order valence-electron chi connectivity index (χ1n) is 15.9. The Morgan fingerprint density at radius 1 is 1.10 bits per heavy atom. The topological polar surface area (TPSA) is 59.0 Å². The average Bonchev–Trinajstić information content (AvgIpc) is 3.48. The number of hydrogen-bond acceptors (Lipinski definition) is 5. The Bertz CT molecular complexity index is 905. The lowest BCUT2D eigenvalue weighted by atomic mass is 9.44. The number of rotatable bonds is 5. The van der Waals surface area contributed by atoms with E-state index in [0.29, 0.717) is 29.7 Å². The molecule has 6 aliphatic rings. The van der Waals surface area contributed by atoms with Crippen LogP contribution >= 0.6 is 0 Å². The van der Waals surface area contributed by atoms with E-state index in [4.69, 9.17) is 9.47 Å². The first-order chi connectivity index (χ1) is 18.2. The largest absolute Gasteiger partial charge is 1.00 e. The third-order valence-corrected chi connectivity index (χ3v) is 13.1. The van der Waals surface area contributed by atoms with Gasteiger partial charge in [0, 0.05) is 50.7 Å². The smallest absolute Gasteiger partial charge is 0.303 e. The van der Waals surface area contributed by atoms with Crippen LogP contribution in [0.1, 0.15) is 78.6 Å². The second kappa shape index (κ2) is 11.3. The number of likely N-dealkylation sites (tertiary alicyclic amines) is 1. The molecule has 6 rings (SSSR count). The Morgan fingerprint density at radius 2 is 1.82 bits per heavy atom. The summed E-state index contributed by atoms with van der Waals surface area (Å²) >= 11 is 0. The highest BCUT2D eigenvalue weighted by atomic mass is 79.9. The van der Waals surface area contributed by atoms with Crippen molar-refractivity contribution in [1.82, 2.24) is 4.90 Å². The molecule has 2 saturated heterocycles. The molecule has 0 bridgehead atoms. The zero-order valence-corrected chi connectivity index (χ0v) is 26.2. The number of esters is 1. The molecule has 222 valence electrons. The quantitative estimate of drug-likeness (QED) is 0.291. The van der Waals surface area contributed by atoms with Crippen molar-refractivity contribution in [3.63, 3.8) is 0 Å². The maximum atomic E-state index is 12.5. The second-order valence-electron chi connectivity index (χ2n) is 14.6. The third kappa shape index (κ3) is 4.88. The number of aliphatic hydroxyl groups is 1. The van der Waals surface area contributed by atoms with Crippen molar-refractivity contribution >= 4 is 5.97 Å². The van der Waals surface area contributed by atoms with Gasteiger partial charge in [-0.1, -0.05) is 20.4 Å². The maximum absolute atomic E-state index is 12.5. The summed E-state index contributed by atoms with van der Waals surface area (Å²) in [4.78, 5) is 15.0. The Balaban J connectivity index is 0.00000308. The van der Waals surface area contributed by atoms with Gasteiger partial charge in [-0.25, -0.2) is 0 Å². The minimum Gasteiger partial charge on any atom is -1.00 e. The summed E-state index contributed by atoms with van der Waals surface area (Å²) in [6.07, 6.45) is 12.7. The zero-order valence-electron chi connectivity index (χ0n) is 24.7. The highest BCUT2D eigenvalue weighted by Crippen LogP contribution is 2.67. The van der Waals surface area contributed by atoms with E-state index in [2.05, 4.69) is 31.4 Å². The number of hydrogen-bond donors (Lipinski definition) is 1. The van der Waals surface area contributed by atoms with Crippen LogP contribution in [0.5, 0.6) is 0 Å². The van der Waals surface area contributed by atoms with Crippen molar-refractivity contribution in [2.24, 2.45) is 34.5 Å². The average molecular weight is 610 g/mol. The van der Waals surface area contributed by atoms with Gasteiger partial charge in [0.15, 0.2) is 6.10 Å². The number of ether oxygens (including phenoxy) is 2. The Morgan fingerprint density at radius 3 is 2.49 bits per heavy atom. The molecule has 1 N–H and O–H groups in total. The maximum Gasteiger partial charge on any atom is 0.303 e. The van der Waals surface area contributed by atoms with Gasteiger partial charge in [0.05, 0.1) is 39.0 Å². The summed E-state index contributed by atoms with van der Waals surface area (Å²) in [6, 6.07) is 0.663. The molecule has 10 atom stereocenters. The molecule has 0 spiro atoms. The number of fused-ring (bicyclic) bond motifs is 5. The molecule has 0 aromatic carbocycles. The molecule has 0 aromatic heterocycles. The van der Waals surface area contributed by atoms with Gasteiger partial charge in [0.2, 0.25) is 0 Å². The van der Waals surface area contributed by atoms with Crippen molar-refractivity contribution in [2.45, 2.75) is 103 Å². The summed E-state index contributed by atoms with van der Waals surface area (Å²) in [5.74, 6) is 2.54. The molecular weight excluding hydrogens is 556 g/mol. The summed E-state index contributed by atoms with van der Waals surface area (Å²) in [6.45, 7) is 17.7. The van der Waals surface area contributed by atoms with Gasteiger partial charge in [-0.05, 0) is 73.7 Å². The molecule has 6 nitrogen and oxygen atoms in total. The molecule has 0 aromatic rings. The number of nitrogens with zero attached hydrogens (tertiary/aromatic N) is 2. The van der Waals surface area contributed by atoms with Crippen molar-refractivity contribution < 1.29 is 40.8 Å². The van der Waals surface area contributed by atoms with Crippen LogP contribution in [0.4, 0.5) is 0 Å². The fourth-order valence-electron chi connectivity index (χ4n) is 11.3. The molecule has 4 aliphatic carbocycles. The summed E-state index contributed by atoms with van der Waals surface area (Å²) in [5, 5.41) is 11.3. The highest BCUT2D eigenvalue weighted by molar-refractivity contribution is 5.66. The van der Waals surface area contributed by atoms with E-state index in [-0.39, 0.29) is 52.0 Å². The summed E-state index contributed by atoms with van der Waals surface area (Å²) in [5.41, 5.74) is 0.343. The Labute approximate surface area is 247 Å². The molecule has 7 heteroatoms. The van der Waals surface area contributed by atoms with Crippen LogP contribution in [0.3, 0.4) is 0 Å². The van der Waals surface area contributed by atoms with Gasteiger partial charge in [0.1, 0.15) is 6.04 Å². The van der Waals surface area contributed by atoms with Gasteiger partial charge >= 0.3 is 5.97 Å². The predicted molar refractivity (Wildman–Crippen MR) is 148 cm³/mol. The molecule has 2 aliphatic heterocycles. The molecule has 4 unspecified atom stereocenters. The Hall–Kier alpha value is -0.470. The first-order valence-corrected chi connectivity index (χ1v) is 15.9. The van der Waals surface area contributed by atoms with Crippen molar-refractivity contribution in [3.05, 3.63) is 12.7 Å². The van der Waals surface area contributed by atoms with E-state index in [9.17, 15) is 9.90 Å². The van der Waals surface area contributed by atoms with Gasteiger partial charge < -0.3 is 36.0 Å². The molecule has 2 heterocycles. The van der Waals surface area contributed by atoms with E-state index in [1.54, 1.807) is 6.92 Å². The molecule has 6 fully saturated rings. The van der Waals surface area contributed by atoms with Crippen LogP contribution in [0.25, 0.3) is 0 Å². The van der Waals surface area contributed by atoms with Crippen LogP contribution < -0.4 is 17.0 Å². The molecule has 0 radical (unpaired) electrons. The standard InChI is InChI=1S/C32H53N2O4.BrH/c1-5-14-34(15-6-7-16-34)28-20-26-24-9-8-23-19-29(36)27(33-12-17-37-18-13-33)21-32(23,4)25(24)10-11-31(26,3)30(28)38-22(2)35;/h5,23-30,36H,1,6-21H2,2-4H3;1H/q+1;/p-1/t23?,24?,25?,26?,27-,28-,29-,30+,31-,32-;/m0./s1. The van der Waals surface area contributed by atoms with E-state index >= 15 is 0 Å². The van der Waals surface area contributed by atoms with Crippen molar-refractivity contribution in [2.75, 3.05) is 45.9 Å². The molecular formula is C32H53BrN2O4. The Kier molecular flexibility index (Phi) is 8.70. The van der Waals surface area contributed by atoms with Crippen LogP contribution in [0.2, 0.25) is 0 Å². The lowest BCUT2D eigenvalue weighted by Gasteiger charge is -2.62. The lowest BCUT2D eigenvalue weighted by molar-refractivity contribution is -0.937. The highest BCUT2D eigenvalue weighted by Gasteiger charge is 2.67. The van der Waals surface area contributed by atoms with Crippen molar-refractivity contribution in [1.29, 1.82) is 0 Å². The van der Waals surface area contributed by atoms with E-state index in [1.165, 1.54) is 51.6 Å². The third-order valence-electron chi connectivity index (χ3n) is 13.1. The van der Waals surface area contributed by atoms with E-state index in [1.807, 2.05) is 0 Å². The molecule has 39 heavy (non-hydrogen) atoms. The number of aliphatic hydroxyl groups excluding tert-OH is 1. The first kappa shape index (κ1) is 30.0. The lowest BCUT2D eigenvalue weighted by Crippen LogP contribution is -3.00. The number of morpholine rings is 1. The van der Waals surface area contributed by atoms with Crippen LogP contribution in [-0.4, -0.2) is 90.7 Å². The SMILES string of the molecule is C=CC[N+]1([C@H]2CC3C4CCC5C[C@H](O)[C@@H](N6CCOCC6)C[C@]5(C)C4CC[C@]3(C)[C@@H]2OC(C)=O)CCCC1.[Br-]. The van der Waals surface area contributed by atoms with Crippen LogP contribution in [-0.2, 0) is 14.3 Å². The summed E-state index contributed by atoms with van der Waals surface area (Å²) < 4.78 is 13.1. The fraction of sp³-hybridized carbons (Fsp3) is 0.906. The van der Waals surface area contributed by atoms with Gasteiger partial charge in [0.25, 0.3) is 0 Å². The molecule has 0 amide bonds. The number of carbonyl (C=O) groups excluding carboxylic acids is 1. The normalized spacial score (nSPS) is 47.3. The van der Waals surface area contributed by atoms with Gasteiger partial charge in [-0.15, -0.1) is 0 Å². The van der Waals surface area contributed by atoms with E-state index < -0.39 is 0 Å². The number of carbonyl (C=O) groups is 1. The zero-order chi connectivity index (χ0) is 26.7. The minimum absolute atomic E-state index is 0. The number of quaternary nitrogens is 1. The summed E-state index contributed by atoms with van der Waals surface area (Å²) in [7, 11) is 0. The predicted octanol–water partition coefficient (Wildman–Crippen LogP) is 1.41. The fourth-order valence-corrected chi connectivity index (χ4v) is 11.3. The second-order valence-corrected chi connectivity index (χ2v) is 14.6. The van der Waals surface area contributed by atoms with E-state index in [0.717, 1.165) is 56.6 Å². The number of halogens is 1. The van der Waals surface area contributed by atoms with Gasteiger partial charge in [-0.2, -0.15) is 0 Å². The molecule has 4 saturated carbocycles. The monoisotopic (exact) mass is 608 g/mol. The van der Waals surface area contributed by atoms with Crippen molar-refractivity contribution in [3.8, 4) is 0 Å².